The van der Waals surface area contributed by atoms with Gasteiger partial charge in [-0.05, 0) is 42.3 Å². The number of nitrogens with one attached hydrogen (secondary N) is 2. The lowest BCUT2D eigenvalue weighted by Gasteiger charge is -2.09. The van der Waals surface area contributed by atoms with E-state index in [-0.39, 0.29) is 18.4 Å². The minimum Gasteiger partial charge on any atom is -0.484 e. The Hall–Kier alpha value is -3.19. The van der Waals surface area contributed by atoms with Gasteiger partial charge in [0.2, 0.25) is 0 Å². The summed E-state index contributed by atoms with van der Waals surface area (Å²) in [7, 11) is 0. The minimum atomic E-state index is -0.297. The SMILES string of the molecule is CCc1cccc(OCC(=O)Nc2cccc(C(=O)Nc3nccs3)c2)c1. The average molecular weight is 381 g/mol. The fourth-order valence-corrected chi connectivity index (χ4v) is 2.92. The standard InChI is InChI=1S/C20H19N3O3S/c1-2-14-5-3-8-17(11-14)26-13-18(24)22-16-7-4-6-15(12-16)19(25)23-20-21-9-10-27-20/h3-12H,2,13H2,1H3,(H,22,24)(H,21,23,25). The molecule has 2 aromatic carbocycles. The summed E-state index contributed by atoms with van der Waals surface area (Å²) in [6.45, 7) is 1.95. The summed E-state index contributed by atoms with van der Waals surface area (Å²) in [5.74, 6) is 0.0733. The fourth-order valence-electron chi connectivity index (χ4n) is 2.39. The number of carbonyl (C=O) groups is 2. The van der Waals surface area contributed by atoms with Crippen molar-refractivity contribution in [2.75, 3.05) is 17.2 Å². The van der Waals surface area contributed by atoms with Crippen LogP contribution in [0.25, 0.3) is 0 Å². The number of anilines is 2. The zero-order valence-electron chi connectivity index (χ0n) is 14.8. The molecule has 1 heterocycles. The number of hydrogen-bond acceptors (Lipinski definition) is 5. The molecule has 3 aromatic rings. The Balaban J connectivity index is 1.56. The van der Waals surface area contributed by atoms with E-state index < -0.39 is 0 Å². The largest absolute Gasteiger partial charge is 0.484 e. The molecule has 0 atom stereocenters. The monoisotopic (exact) mass is 381 g/mol. The predicted molar refractivity (Wildman–Crippen MR) is 106 cm³/mol. The van der Waals surface area contributed by atoms with Crippen LogP contribution in [0.1, 0.15) is 22.8 Å². The van der Waals surface area contributed by atoms with Crippen molar-refractivity contribution >= 4 is 34.0 Å². The van der Waals surface area contributed by atoms with Crippen LogP contribution in [-0.2, 0) is 11.2 Å². The molecule has 0 radical (unpaired) electrons. The van der Waals surface area contributed by atoms with E-state index in [1.807, 2.05) is 24.3 Å². The zero-order valence-corrected chi connectivity index (χ0v) is 15.6. The number of carbonyl (C=O) groups excluding carboxylic acids is 2. The first-order valence-corrected chi connectivity index (χ1v) is 9.34. The van der Waals surface area contributed by atoms with E-state index in [1.54, 1.807) is 35.8 Å². The van der Waals surface area contributed by atoms with Crippen molar-refractivity contribution in [3.63, 3.8) is 0 Å². The highest BCUT2D eigenvalue weighted by Crippen LogP contribution is 2.16. The molecule has 7 heteroatoms. The number of rotatable bonds is 7. The van der Waals surface area contributed by atoms with Gasteiger partial charge < -0.3 is 10.1 Å². The molecule has 0 aliphatic heterocycles. The topological polar surface area (TPSA) is 80.3 Å². The summed E-state index contributed by atoms with van der Waals surface area (Å²) < 4.78 is 5.53. The number of nitrogens with zero attached hydrogens (tertiary/aromatic N) is 1. The normalized spacial score (nSPS) is 10.3. The van der Waals surface area contributed by atoms with Crippen molar-refractivity contribution in [2.45, 2.75) is 13.3 Å². The molecule has 0 unspecified atom stereocenters. The van der Waals surface area contributed by atoms with Gasteiger partial charge in [-0.3, -0.25) is 14.9 Å². The molecule has 0 aliphatic rings. The van der Waals surface area contributed by atoms with E-state index >= 15 is 0 Å². The zero-order chi connectivity index (χ0) is 19.1. The van der Waals surface area contributed by atoms with Crippen molar-refractivity contribution < 1.29 is 14.3 Å². The molecule has 27 heavy (non-hydrogen) atoms. The Bertz CT molecular complexity index is 926. The maximum Gasteiger partial charge on any atom is 0.262 e. The highest BCUT2D eigenvalue weighted by atomic mass is 32.1. The van der Waals surface area contributed by atoms with Gasteiger partial charge in [0.1, 0.15) is 5.75 Å². The Labute approximate surface area is 161 Å². The van der Waals surface area contributed by atoms with Crippen LogP contribution in [-0.4, -0.2) is 23.4 Å². The van der Waals surface area contributed by atoms with Gasteiger partial charge in [0.25, 0.3) is 11.8 Å². The molecule has 0 fully saturated rings. The molecular formula is C20H19N3O3S. The van der Waals surface area contributed by atoms with Gasteiger partial charge in [0.15, 0.2) is 11.7 Å². The molecule has 0 saturated heterocycles. The van der Waals surface area contributed by atoms with E-state index in [1.165, 1.54) is 11.3 Å². The summed E-state index contributed by atoms with van der Waals surface area (Å²) in [5.41, 5.74) is 2.10. The molecule has 138 valence electrons. The molecule has 0 aliphatic carbocycles. The summed E-state index contributed by atoms with van der Waals surface area (Å²) in [6, 6.07) is 14.3. The van der Waals surface area contributed by atoms with Gasteiger partial charge in [0.05, 0.1) is 0 Å². The number of amides is 2. The summed E-state index contributed by atoms with van der Waals surface area (Å²) in [5, 5.41) is 7.75. The smallest absolute Gasteiger partial charge is 0.262 e. The lowest BCUT2D eigenvalue weighted by Crippen LogP contribution is -2.20. The second-order valence-electron chi connectivity index (χ2n) is 5.71. The van der Waals surface area contributed by atoms with Gasteiger partial charge in [0, 0.05) is 22.8 Å². The van der Waals surface area contributed by atoms with Crippen LogP contribution >= 0.6 is 11.3 Å². The summed E-state index contributed by atoms with van der Waals surface area (Å²) in [4.78, 5) is 28.4. The first-order valence-electron chi connectivity index (χ1n) is 8.46. The van der Waals surface area contributed by atoms with Crippen LogP contribution in [0.15, 0.2) is 60.1 Å². The molecule has 2 amide bonds. The Morgan fingerprint density at radius 1 is 1.11 bits per heavy atom. The Morgan fingerprint density at radius 2 is 1.96 bits per heavy atom. The quantitative estimate of drug-likeness (QED) is 0.649. The minimum absolute atomic E-state index is 0.108. The highest BCUT2D eigenvalue weighted by molar-refractivity contribution is 7.13. The van der Waals surface area contributed by atoms with Gasteiger partial charge in [-0.25, -0.2) is 4.98 Å². The molecular weight excluding hydrogens is 362 g/mol. The maximum absolute atomic E-state index is 12.2. The molecule has 3 rings (SSSR count). The molecule has 0 spiro atoms. The van der Waals surface area contributed by atoms with Gasteiger partial charge in [-0.1, -0.05) is 25.1 Å². The first-order chi connectivity index (χ1) is 13.1. The molecule has 2 N–H and O–H groups in total. The number of aryl methyl sites for hydroxylation is 1. The Kier molecular flexibility index (Phi) is 6.17. The third kappa shape index (κ3) is 5.39. The van der Waals surface area contributed by atoms with Crippen LogP contribution in [0, 0.1) is 0 Å². The average Bonchev–Trinajstić information content (AvgIpc) is 3.20. The number of ether oxygens (including phenoxy) is 1. The number of thiazole rings is 1. The van der Waals surface area contributed by atoms with Crippen LogP contribution in [0.4, 0.5) is 10.8 Å². The first kappa shape index (κ1) is 18.6. The maximum atomic E-state index is 12.2. The second kappa shape index (κ2) is 8.95. The molecule has 1 aromatic heterocycles. The van der Waals surface area contributed by atoms with E-state index in [2.05, 4.69) is 22.5 Å². The van der Waals surface area contributed by atoms with E-state index in [0.717, 1.165) is 12.0 Å². The fraction of sp³-hybridized carbons (Fsp3) is 0.150. The van der Waals surface area contributed by atoms with E-state index in [4.69, 9.17) is 4.74 Å². The predicted octanol–water partition coefficient (Wildman–Crippen LogP) is 3.98. The lowest BCUT2D eigenvalue weighted by atomic mass is 10.2. The lowest BCUT2D eigenvalue weighted by molar-refractivity contribution is -0.118. The van der Waals surface area contributed by atoms with Crippen molar-refractivity contribution in [1.82, 2.24) is 4.98 Å². The van der Waals surface area contributed by atoms with Crippen molar-refractivity contribution in [1.29, 1.82) is 0 Å². The van der Waals surface area contributed by atoms with Crippen molar-refractivity contribution in [3.8, 4) is 5.75 Å². The Morgan fingerprint density at radius 3 is 2.74 bits per heavy atom. The van der Waals surface area contributed by atoms with Gasteiger partial charge in [-0.15, -0.1) is 11.3 Å². The van der Waals surface area contributed by atoms with Crippen LogP contribution < -0.4 is 15.4 Å². The third-order valence-electron chi connectivity index (χ3n) is 3.74. The van der Waals surface area contributed by atoms with Crippen LogP contribution in [0.3, 0.4) is 0 Å². The second-order valence-corrected chi connectivity index (χ2v) is 6.60. The molecule has 0 saturated carbocycles. The molecule has 0 bridgehead atoms. The van der Waals surface area contributed by atoms with Crippen molar-refractivity contribution in [3.05, 3.63) is 71.2 Å². The van der Waals surface area contributed by atoms with Crippen LogP contribution in [0.2, 0.25) is 0 Å². The van der Waals surface area contributed by atoms with E-state index in [0.29, 0.717) is 22.1 Å². The number of hydrogen-bond donors (Lipinski definition) is 2. The van der Waals surface area contributed by atoms with Crippen LogP contribution in [0.5, 0.6) is 5.75 Å². The van der Waals surface area contributed by atoms with E-state index in [9.17, 15) is 9.59 Å². The van der Waals surface area contributed by atoms with Gasteiger partial charge in [-0.2, -0.15) is 0 Å². The highest BCUT2D eigenvalue weighted by Gasteiger charge is 2.10. The van der Waals surface area contributed by atoms with Crippen molar-refractivity contribution in [2.24, 2.45) is 0 Å². The van der Waals surface area contributed by atoms with Gasteiger partial charge >= 0.3 is 0 Å². The molecule has 6 nitrogen and oxygen atoms in total. The number of aromatic nitrogens is 1. The summed E-state index contributed by atoms with van der Waals surface area (Å²) in [6.07, 6.45) is 2.52. The number of benzene rings is 2. The summed E-state index contributed by atoms with van der Waals surface area (Å²) >= 11 is 1.34. The third-order valence-corrected chi connectivity index (χ3v) is 4.43.